The van der Waals surface area contributed by atoms with Crippen molar-refractivity contribution in [3.63, 3.8) is 0 Å². The van der Waals surface area contributed by atoms with Gasteiger partial charge in [0, 0.05) is 13.0 Å². The highest BCUT2D eigenvalue weighted by atomic mass is 16.5. The highest BCUT2D eigenvalue weighted by Gasteiger charge is 2.16. The van der Waals surface area contributed by atoms with E-state index in [2.05, 4.69) is 0 Å². The fourth-order valence-corrected chi connectivity index (χ4v) is 1.32. The van der Waals surface area contributed by atoms with Crippen molar-refractivity contribution in [2.75, 3.05) is 13.2 Å². The molecule has 0 aromatic carbocycles. The SMILES string of the molecule is CCC(=O)COCCC1CCC1. The van der Waals surface area contributed by atoms with Gasteiger partial charge in [-0.25, -0.2) is 0 Å². The number of hydrogen-bond donors (Lipinski definition) is 0. The van der Waals surface area contributed by atoms with Gasteiger partial charge >= 0.3 is 0 Å². The number of rotatable bonds is 6. The molecule has 0 aromatic rings. The fraction of sp³-hybridized carbons (Fsp3) is 0.900. The van der Waals surface area contributed by atoms with Gasteiger partial charge in [0.1, 0.15) is 6.61 Å². The van der Waals surface area contributed by atoms with Crippen molar-refractivity contribution in [2.45, 2.75) is 39.0 Å². The minimum atomic E-state index is 0.212. The van der Waals surface area contributed by atoms with Gasteiger partial charge in [-0.3, -0.25) is 4.79 Å². The molecule has 1 aliphatic carbocycles. The molecule has 2 nitrogen and oxygen atoms in total. The van der Waals surface area contributed by atoms with Crippen LogP contribution in [0.4, 0.5) is 0 Å². The van der Waals surface area contributed by atoms with Gasteiger partial charge in [-0.1, -0.05) is 26.2 Å². The second-order valence-electron chi connectivity index (χ2n) is 3.53. The molecular weight excluding hydrogens is 152 g/mol. The van der Waals surface area contributed by atoms with Crippen LogP contribution in [0.15, 0.2) is 0 Å². The number of hydrogen-bond acceptors (Lipinski definition) is 2. The van der Waals surface area contributed by atoms with Crippen molar-refractivity contribution in [1.29, 1.82) is 0 Å². The number of carbonyl (C=O) groups is 1. The average Bonchev–Trinajstić information content (AvgIpc) is 2.00. The molecule has 1 fully saturated rings. The first kappa shape index (κ1) is 9.72. The van der Waals surface area contributed by atoms with E-state index >= 15 is 0 Å². The van der Waals surface area contributed by atoms with Crippen LogP contribution in [0, 0.1) is 5.92 Å². The van der Waals surface area contributed by atoms with E-state index in [1.54, 1.807) is 0 Å². The lowest BCUT2D eigenvalue weighted by atomic mass is 9.83. The third kappa shape index (κ3) is 3.35. The molecule has 0 aliphatic heterocycles. The molecule has 0 spiro atoms. The minimum absolute atomic E-state index is 0.212. The van der Waals surface area contributed by atoms with Crippen molar-refractivity contribution >= 4 is 5.78 Å². The molecule has 12 heavy (non-hydrogen) atoms. The van der Waals surface area contributed by atoms with Gasteiger partial charge in [0.05, 0.1) is 0 Å². The maximum Gasteiger partial charge on any atom is 0.158 e. The molecule has 1 rings (SSSR count). The Labute approximate surface area is 74.3 Å². The lowest BCUT2D eigenvalue weighted by Crippen LogP contribution is -2.15. The highest BCUT2D eigenvalue weighted by molar-refractivity contribution is 5.79. The maximum absolute atomic E-state index is 10.8. The summed E-state index contributed by atoms with van der Waals surface area (Å²) in [5.74, 6) is 1.10. The Hall–Kier alpha value is -0.370. The highest BCUT2D eigenvalue weighted by Crippen LogP contribution is 2.28. The predicted molar refractivity (Wildman–Crippen MR) is 48.1 cm³/mol. The first-order valence-electron chi connectivity index (χ1n) is 4.92. The third-order valence-corrected chi connectivity index (χ3v) is 2.55. The summed E-state index contributed by atoms with van der Waals surface area (Å²) >= 11 is 0. The summed E-state index contributed by atoms with van der Waals surface area (Å²) in [6.45, 7) is 2.97. The molecular formula is C10H18O2. The Bertz CT molecular complexity index is 139. The molecule has 0 N–H and O–H groups in total. The van der Waals surface area contributed by atoms with Crippen LogP contribution >= 0.6 is 0 Å². The second-order valence-corrected chi connectivity index (χ2v) is 3.53. The van der Waals surface area contributed by atoms with Crippen LogP contribution in [0.2, 0.25) is 0 Å². The number of Topliss-reactive ketones (excluding diaryl/α,β-unsaturated/α-hetero) is 1. The van der Waals surface area contributed by atoms with Crippen molar-refractivity contribution < 1.29 is 9.53 Å². The van der Waals surface area contributed by atoms with Crippen molar-refractivity contribution in [3.8, 4) is 0 Å². The van der Waals surface area contributed by atoms with Crippen LogP contribution < -0.4 is 0 Å². The van der Waals surface area contributed by atoms with Crippen LogP contribution in [0.5, 0.6) is 0 Å². The van der Waals surface area contributed by atoms with Crippen molar-refractivity contribution in [3.05, 3.63) is 0 Å². The lowest BCUT2D eigenvalue weighted by Gasteiger charge is -2.24. The molecule has 0 heterocycles. The Morgan fingerprint density at radius 1 is 1.50 bits per heavy atom. The topological polar surface area (TPSA) is 26.3 Å². The van der Waals surface area contributed by atoms with Gasteiger partial charge in [-0.15, -0.1) is 0 Å². The van der Waals surface area contributed by atoms with Crippen LogP contribution in [-0.4, -0.2) is 19.0 Å². The number of carbonyl (C=O) groups excluding carboxylic acids is 1. The van der Waals surface area contributed by atoms with Gasteiger partial charge in [0.25, 0.3) is 0 Å². The largest absolute Gasteiger partial charge is 0.374 e. The Morgan fingerprint density at radius 2 is 2.25 bits per heavy atom. The second kappa shape index (κ2) is 5.31. The summed E-state index contributed by atoms with van der Waals surface area (Å²) in [6, 6.07) is 0. The minimum Gasteiger partial charge on any atom is -0.374 e. The summed E-state index contributed by atoms with van der Waals surface area (Å²) in [5, 5.41) is 0. The summed E-state index contributed by atoms with van der Waals surface area (Å²) in [4.78, 5) is 10.8. The zero-order chi connectivity index (χ0) is 8.81. The standard InChI is InChI=1S/C10H18O2/c1-2-10(11)8-12-7-6-9-4-3-5-9/h9H,2-8H2,1H3. The van der Waals surface area contributed by atoms with E-state index in [0.717, 1.165) is 18.9 Å². The molecule has 2 heteroatoms. The predicted octanol–water partition coefficient (Wildman–Crippen LogP) is 2.17. The average molecular weight is 170 g/mol. The Kier molecular flexibility index (Phi) is 4.30. The van der Waals surface area contributed by atoms with E-state index < -0.39 is 0 Å². The van der Waals surface area contributed by atoms with Gasteiger partial charge < -0.3 is 4.74 Å². The quantitative estimate of drug-likeness (QED) is 0.571. The zero-order valence-electron chi connectivity index (χ0n) is 7.84. The third-order valence-electron chi connectivity index (χ3n) is 2.55. The van der Waals surface area contributed by atoms with E-state index in [1.807, 2.05) is 6.92 Å². The molecule has 0 saturated heterocycles. The van der Waals surface area contributed by atoms with Crippen LogP contribution in [0.3, 0.4) is 0 Å². The molecule has 0 unspecified atom stereocenters. The fourth-order valence-electron chi connectivity index (χ4n) is 1.32. The summed E-state index contributed by atoms with van der Waals surface area (Å²) < 4.78 is 5.24. The zero-order valence-corrected chi connectivity index (χ0v) is 7.84. The molecule has 1 aliphatic rings. The molecule has 0 radical (unpaired) electrons. The summed E-state index contributed by atoms with van der Waals surface area (Å²) in [5.41, 5.74) is 0. The Balaban J connectivity index is 1.85. The van der Waals surface area contributed by atoms with E-state index in [9.17, 15) is 4.79 Å². The molecule has 70 valence electrons. The Morgan fingerprint density at radius 3 is 2.75 bits per heavy atom. The van der Waals surface area contributed by atoms with Crippen LogP contribution in [0.25, 0.3) is 0 Å². The lowest BCUT2D eigenvalue weighted by molar-refractivity contribution is -0.123. The summed E-state index contributed by atoms with van der Waals surface area (Å²) in [6.07, 6.45) is 5.87. The normalized spacial score (nSPS) is 17.4. The first-order valence-corrected chi connectivity index (χ1v) is 4.92. The van der Waals surface area contributed by atoms with E-state index in [-0.39, 0.29) is 5.78 Å². The molecule has 0 aromatic heterocycles. The smallest absolute Gasteiger partial charge is 0.158 e. The monoisotopic (exact) mass is 170 g/mol. The van der Waals surface area contributed by atoms with Gasteiger partial charge in [0.15, 0.2) is 5.78 Å². The molecule has 0 amide bonds. The summed E-state index contributed by atoms with van der Waals surface area (Å²) in [7, 11) is 0. The maximum atomic E-state index is 10.8. The number of ketones is 1. The van der Waals surface area contributed by atoms with Crippen LogP contribution in [-0.2, 0) is 9.53 Å². The van der Waals surface area contributed by atoms with Gasteiger partial charge in [0.2, 0.25) is 0 Å². The van der Waals surface area contributed by atoms with Crippen molar-refractivity contribution in [2.24, 2.45) is 5.92 Å². The van der Waals surface area contributed by atoms with E-state index in [4.69, 9.17) is 4.74 Å². The molecule has 0 atom stereocenters. The first-order chi connectivity index (χ1) is 5.83. The molecule has 0 bridgehead atoms. The van der Waals surface area contributed by atoms with Gasteiger partial charge in [-0.05, 0) is 12.3 Å². The van der Waals surface area contributed by atoms with Gasteiger partial charge in [-0.2, -0.15) is 0 Å². The molecule has 1 saturated carbocycles. The van der Waals surface area contributed by atoms with Crippen LogP contribution in [0.1, 0.15) is 39.0 Å². The van der Waals surface area contributed by atoms with E-state index in [1.165, 1.54) is 19.3 Å². The number of ether oxygens (including phenoxy) is 1. The van der Waals surface area contributed by atoms with Crippen molar-refractivity contribution in [1.82, 2.24) is 0 Å². The van der Waals surface area contributed by atoms with E-state index in [0.29, 0.717) is 13.0 Å².